The second kappa shape index (κ2) is 8.05. The summed E-state index contributed by atoms with van der Waals surface area (Å²) in [4.78, 5) is 49.1. The zero-order valence-electron chi connectivity index (χ0n) is 20.6. The number of allylic oxidation sites excluding steroid dienone is 4. The molecule has 0 aromatic carbocycles. The molecule has 0 bridgehead atoms. The first-order chi connectivity index (χ1) is 16.1. The van der Waals surface area contributed by atoms with Gasteiger partial charge in [-0.1, -0.05) is 19.9 Å². The van der Waals surface area contributed by atoms with Gasteiger partial charge in [-0.25, -0.2) is 8.78 Å². The van der Waals surface area contributed by atoms with Gasteiger partial charge in [0.15, 0.2) is 23.7 Å². The average Bonchev–Trinajstić information content (AvgIpc) is 2.97. The van der Waals surface area contributed by atoms with E-state index in [0.29, 0.717) is 0 Å². The zero-order valence-corrected chi connectivity index (χ0v) is 20.6. The van der Waals surface area contributed by atoms with Crippen LogP contribution in [0.1, 0.15) is 53.9 Å². The molecule has 1 unspecified atom stereocenters. The fourth-order valence-electron chi connectivity index (χ4n) is 7.89. The lowest BCUT2D eigenvalue weighted by molar-refractivity contribution is -0.231. The van der Waals surface area contributed by atoms with Crippen LogP contribution in [0.4, 0.5) is 8.78 Å². The molecule has 0 aliphatic heterocycles. The van der Waals surface area contributed by atoms with Crippen molar-refractivity contribution >= 4 is 23.5 Å². The lowest BCUT2D eigenvalue weighted by Gasteiger charge is -2.63. The van der Waals surface area contributed by atoms with Crippen molar-refractivity contribution < 1.29 is 42.5 Å². The Morgan fingerprint density at radius 3 is 2.40 bits per heavy atom. The van der Waals surface area contributed by atoms with Gasteiger partial charge < -0.3 is 14.6 Å². The summed E-state index contributed by atoms with van der Waals surface area (Å²) >= 11 is 0. The Labute approximate surface area is 202 Å². The Kier molecular flexibility index (Phi) is 5.90. The van der Waals surface area contributed by atoms with Crippen LogP contribution in [0.3, 0.4) is 0 Å². The van der Waals surface area contributed by atoms with Gasteiger partial charge in [-0.05, 0) is 49.8 Å². The molecule has 1 N–H and O–H groups in total. The summed E-state index contributed by atoms with van der Waals surface area (Å²) in [6, 6.07) is 0. The van der Waals surface area contributed by atoms with Gasteiger partial charge in [0.05, 0.1) is 6.10 Å². The molecule has 0 aromatic rings. The fraction of sp³-hybridized carbons (Fsp3) is 0.692. The summed E-state index contributed by atoms with van der Waals surface area (Å²) < 4.78 is 43.5. The second-order valence-electron chi connectivity index (χ2n) is 11.0. The van der Waals surface area contributed by atoms with Crippen LogP contribution in [0.25, 0.3) is 0 Å². The van der Waals surface area contributed by atoms with Crippen molar-refractivity contribution in [3.05, 3.63) is 23.8 Å². The van der Waals surface area contributed by atoms with Crippen LogP contribution in [-0.4, -0.2) is 58.8 Å². The van der Waals surface area contributed by atoms with E-state index >= 15 is 8.78 Å². The van der Waals surface area contributed by atoms with E-state index in [9.17, 15) is 24.3 Å². The van der Waals surface area contributed by atoms with E-state index in [1.54, 1.807) is 13.8 Å². The quantitative estimate of drug-likeness (QED) is 0.599. The number of aliphatic hydroxyl groups is 1. The Bertz CT molecular complexity index is 1050. The van der Waals surface area contributed by atoms with E-state index in [2.05, 4.69) is 0 Å². The van der Waals surface area contributed by atoms with Crippen molar-refractivity contribution in [2.45, 2.75) is 77.4 Å². The highest BCUT2D eigenvalue weighted by atomic mass is 19.1. The Balaban J connectivity index is 1.85. The topological polar surface area (TPSA) is 107 Å². The van der Waals surface area contributed by atoms with Gasteiger partial charge in [0.25, 0.3) is 0 Å². The summed E-state index contributed by atoms with van der Waals surface area (Å²) in [5.41, 5.74) is -6.90. The van der Waals surface area contributed by atoms with Gasteiger partial charge in [0.2, 0.25) is 5.78 Å². The largest absolute Gasteiger partial charge is 0.458 e. The maximum absolute atomic E-state index is 17.3. The van der Waals surface area contributed by atoms with E-state index in [-0.39, 0.29) is 24.8 Å². The molecule has 4 aliphatic rings. The lowest BCUT2D eigenvalue weighted by Crippen LogP contribution is -2.71. The smallest absolute Gasteiger partial charge is 0.303 e. The molecule has 192 valence electrons. The van der Waals surface area contributed by atoms with Gasteiger partial charge in [0.1, 0.15) is 6.17 Å². The number of rotatable bonds is 4. The molecule has 4 aliphatic carbocycles. The number of aliphatic hydroxyl groups excluding tert-OH is 1. The number of Topliss-reactive ketones (excluding diaryl/α,β-unsaturated/α-hetero) is 1. The number of esters is 2. The maximum atomic E-state index is 17.3. The highest BCUT2D eigenvalue weighted by Crippen LogP contribution is 2.71. The summed E-state index contributed by atoms with van der Waals surface area (Å²) in [6.07, 6.45) is 0.118. The molecular formula is C26H32F2O7. The molecule has 35 heavy (non-hydrogen) atoms. The Morgan fingerprint density at radius 1 is 1.14 bits per heavy atom. The van der Waals surface area contributed by atoms with Gasteiger partial charge in [-0.15, -0.1) is 0 Å². The first-order valence-corrected chi connectivity index (χ1v) is 12.0. The van der Waals surface area contributed by atoms with E-state index < -0.39 is 82.2 Å². The molecule has 3 saturated carbocycles. The number of alkyl halides is 2. The number of ketones is 2. The highest BCUT2D eigenvalue weighted by molar-refractivity contribution is 6.01. The minimum Gasteiger partial charge on any atom is -0.458 e. The van der Waals surface area contributed by atoms with Gasteiger partial charge in [-0.2, -0.15) is 0 Å². The van der Waals surface area contributed by atoms with Crippen LogP contribution in [0, 0.1) is 28.6 Å². The SMILES string of the molecule is CC(=O)OCC(=O)[C@@]1(OC(C)=O)[C@@H](C)C[C@H]2[C@@H]3C[C@H](F)C4=CC(=O)C=CC4(C)[C@@]3(F)[C@@H](O)C[C@@]21C. The van der Waals surface area contributed by atoms with Crippen molar-refractivity contribution in [2.24, 2.45) is 28.6 Å². The standard InChI is InChI=1S/C26H32F2O7/c1-13-8-17-18-10-20(27)19-9-16(31)6-7-23(19,4)25(18,28)21(32)11-24(17,5)26(13,35-15(3)30)22(33)12-34-14(2)29/h6-7,9,13,17-18,20-21,32H,8,10-12H2,1-5H3/t13-,17-,18-,20-,21-,23?,24-,25-,26-/m0/s1. The van der Waals surface area contributed by atoms with Gasteiger partial charge >= 0.3 is 11.9 Å². The summed E-state index contributed by atoms with van der Waals surface area (Å²) in [7, 11) is 0. The average molecular weight is 495 g/mol. The molecule has 0 amide bonds. The van der Waals surface area contributed by atoms with Crippen molar-refractivity contribution in [1.29, 1.82) is 0 Å². The molecule has 0 spiro atoms. The predicted molar refractivity (Wildman–Crippen MR) is 119 cm³/mol. The van der Waals surface area contributed by atoms with Gasteiger partial charge in [-0.3, -0.25) is 19.2 Å². The minimum atomic E-state index is -2.31. The Morgan fingerprint density at radius 2 is 1.80 bits per heavy atom. The number of carbonyl (C=O) groups is 4. The zero-order chi connectivity index (χ0) is 26.1. The summed E-state index contributed by atoms with van der Waals surface area (Å²) in [5, 5.41) is 11.4. The number of hydrogen-bond donors (Lipinski definition) is 1. The number of halogens is 2. The Hall–Kier alpha value is -2.42. The normalized spacial score (nSPS) is 46.1. The van der Waals surface area contributed by atoms with Crippen molar-refractivity contribution in [1.82, 2.24) is 0 Å². The minimum absolute atomic E-state index is 0.00892. The summed E-state index contributed by atoms with van der Waals surface area (Å²) in [6.45, 7) is 6.52. The maximum Gasteiger partial charge on any atom is 0.303 e. The number of ether oxygens (including phenoxy) is 2. The molecule has 0 heterocycles. The van der Waals surface area contributed by atoms with Gasteiger partial charge in [0, 0.05) is 36.5 Å². The van der Waals surface area contributed by atoms with E-state index in [1.807, 2.05) is 0 Å². The molecule has 0 radical (unpaired) electrons. The molecule has 3 fully saturated rings. The van der Waals surface area contributed by atoms with E-state index in [1.165, 1.54) is 19.1 Å². The predicted octanol–water partition coefficient (Wildman–Crippen LogP) is 2.99. The third-order valence-electron chi connectivity index (χ3n) is 9.29. The third kappa shape index (κ3) is 3.22. The molecule has 4 rings (SSSR count). The van der Waals surface area contributed by atoms with Crippen LogP contribution in [-0.2, 0) is 28.7 Å². The van der Waals surface area contributed by atoms with Crippen molar-refractivity contribution in [3.63, 3.8) is 0 Å². The van der Waals surface area contributed by atoms with Crippen LogP contribution >= 0.6 is 0 Å². The van der Waals surface area contributed by atoms with Crippen molar-refractivity contribution in [2.75, 3.05) is 6.61 Å². The molecule has 9 atom stereocenters. The first-order valence-electron chi connectivity index (χ1n) is 12.0. The van der Waals surface area contributed by atoms with Crippen LogP contribution in [0.5, 0.6) is 0 Å². The molecule has 0 saturated heterocycles. The van der Waals surface area contributed by atoms with Crippen LogP contribution in [0.15, 0.2) is 23.8 Å². The number of fused-ring (bicyclic) bond motifs is 5. The molecule has 0 aromatic heterocycles. The third-order valence-corrected chi connectivity index (χ3v) is 9.29. The molecule has 9 heteroatoms. The van der Waals surface area contributed by atoms with E-state index in [4.69, 9.17) is 9.47 Å². The van der Waals surface area contributed by atoms with Crippen molar-refractivity contribution in [3.8, 4) is 0 Å². The van der Waals surface area contributed by atoms with E-state index in [0.717, 1.165) is 19.9 Å². The van der Waals surface area contributed by atoms with Crippen LogP contribution < -0.4 is 0 Å². The summed E-state index contributed by atoms with van der Waals surface area (Å²) in [5.74, 6) is -4.77. The lowest BCUT2D eigenvalue weighted by atomic mass is 9.44. The fourth-order valence-corrected chi connectivity index (χ4v) is 7.89. The number of hydrogen-bond acceptors (Lipinski definition) is 7. The van der Waals surface area contributed by atoms with Crippen LogP contribution in [0.2, 0.25) is 0 Å². The highest BCUT2D eigenvalue weighted by Gasteiger charge is 2.78. The number of carbonyl (C=O) groups excluding carboxylic acids is 4. The molecular weight excluding hydrogens is 462 g/mol. The molecule has 7 nitrogen and oxygen atoms in total. The second-order valence-corrected chi connectivity index (χ2v) is 11.0. The first kappa shape index (κ1) is 25.7. The monoisotopic (exact) mass is 494 g/mol.